The van der Waals surface area contributed by atoms with Gasteiger partial charge in [0.2, 0.25) is 5.91 Å². The zero-order valence-electron chi connectivity index (χ0n) is 15.7. The Morgan fingerprint density at radius 2 is 2.00 bits per heavy atom. The van der Waals surface area contributed by atoms with Crippen LogP contribution >= 0.6 is 11.8 Å². The molecular formula is C20H23N5OS. The first-order chi connectivity index (χ1) is 13.1. The second-order valence-corrected chi connectivity index (χ2v) is 7.60. The number of aromatic nitrogens is 4. The Hall–Kier alpha value is -2.67. The molecule has 0 spiro atoms. The highest BCUT2D eigenvalue weighted by atomic mass is 32.2. The van der Waals surface area contributed by atoms with Gasteiger partial charge < -0.3 is 5.32 Å². The largest absolute Gasteiger partial charge is 0.355 e. The number of amides is 1. The monoisotopic (exact) mass is 381 g/mol. The molecule has 0 aliphatic carbocycles. The van der Waals surface area contributed by atoms with Crippen molar-refractivity contribution in [2.45, 2.75) is 25.9 Å². The SMILES string of the molecule is Cc1ccccc1-n1c(SCC(=O)NCC(C)C)nnc1-c1cccnc1. The molecule has 0 atom stereocenters. The maximum Gasteiger partial charge on any atom is 0.230 e. The number of rotatable bonds is 7. The van der Waals surface area contributed by atoms with Gasteiger partial charge in [-0.3, -0.25) is 14.3 Å². The molecule has 3 rings (SSSR count). The number of carbonyl (C=O) groups is 1. The van der Waals surface area contributed by atoms with Crippen molar-refractivity contribution in [2.24, 2.45) is 5.92 Å². The molecule has 0 saturated heterocycles. The summed E-state index contributed by atoms with van der Waals surface area (Å²) in [5.74, 6) is 1.43. The van der Waals surface area contributed by atoms with Crippen molar-refractivity contribution in [1.82, 2.24) is 25.1 Å². The number of aryl methyl sites for hydroxylation is 1. The molecule has 1 aromatic carbocycles. The van der Waals surface area contributed by atoms with Crippen LogP contribution in [0.2, 0.25) is 0 Å². The van der Waals surface area contributed by atoms with Gasteiger partial charge in [-0.2, -0.15) is 0 Å². The van der Waals surface area contributed by atoms with Gasteiger partial charge in [-0.1, -0.05) is 43.8 Å². The van der Waals surface area contributed by atoms with Crippen molar-refractivity contribution in [3.8, 4) is 17.1 Å². The molecule has 0 bridgehead atoms. The number of benzene rings is 1. The van der Waals surface area contributed by atoms with Crippen LogP contribution in [-0.2, 0) is 4.79 Å². The van der Waals surface area contributed by atoms with Crippen LogP contribution in [0.1, 0.15) is 19.4 Å². The van der Waals surface area contributed by atoms with Crippen LogP contribution in [0.3, 0.4) is 0 Å². The molecule has 3 aromatic rings. The highest BCUT2D eigenvalue weighted by Crippen LogP contribution is 2.28. The zero-order chi connectivity index (χ0) is 19.2. The Labute approximate surface area is 163 Å². The second-order valence-electron chi connectivity index (χ2n) is 6.66. The summed E-state index contributed by atoms with van der Waals surface area (Å²) in [6.07, 6.45) is 3.50. The predicted molar refractivity (Wildman–Crippen MR) is 108 cm³/mol. The molecule has 0 radical (unpaired) electrons. The Kier molecular flexibility index (Phi) is 6.24. The predicted octanol–water partition coefficient (Wildman–Crippen LogP) is 3.50. The van der Waals surface area contributed by atoms with Crippen molar-refractivity contribution in [3.05, 3.63) is 54.4 Å². The third-order valence-corrected chi connectivity index (χ3v) is 4.88. The topological polar surface area (TPSA) is 72.7 Å². The second kappa shape index (κ2) is 8.81. The van der Waals surface area contributed by atoms with E-state index >= 15 is 0 Å². The van der Waals surface area contributed by atoms with Crippen LogP contribution in [0.4, 0.5) is 0 Å². The van der Waals surface area contributed by atoms with Crippen LogP contribution < -0.4 is 5.32 Å². The minimum Gasteiger partial charge on any atom is -0.355 e. The third kappa shape index (κ3) is 4.74. The van der Waals surface area contributed by atoms with Crippen LogP contribution in [0.25, 0.3) is 17.1 Å². The number of carbonyl (C=O) groups excluding carboxylic acids is 1. The van der Waals surface area contributed by atoms with E-state index in [0.29, 0.717) is 29.2 Å². The lowest BCUT2D eigenvalue weighted by molar-refractivity contribution is -0.118. The molecule has 7 heteroatoms. The van der Waals surface area contributed by atoms with Crippen LogP contribution in [-0.4, -0.2) is 38.0 Å². The summed E-state index contributed by atoms with van der Waals surface area (Å²) < 4.78 is 1.99. The molecule has 0 unspecified atom stereocenters. The number of para-hydroxylation sites is 1. The standard InChI is InChI=1S/C20H23N5OS/c1-14(2)11-22-18(26)13-27-20-24-23-19(16-8-6-10-21-12-16)25(20)17-9-5-4-7-15(17)3/h4-10,12,14H,11,13H2,1-3H3,(H,22,26). The minimum atomic E-state index is -0.00374. The molecule has 140 valence electrons. The molecule has 0 saturated carbocycles. The zero-order valence-corrected chi connectivity index (χ0v) is 16.5. The van der Waals surface area contributed by atoms with Gasteiger partial charge in [-0.05, 0) is 36.6 Å². The lowest BCUT2D eigenvalue weighted by Gasteiger charge is -2.13. The quantitative estimate of drug-likeness (QED) is 0.634. The summed E-state index contributed by atoms with van der Waals surface area (Å²) in [4.78, 5) is 16.3. The lowest BCUT2D eigenvalue weighted by Crippen LogP contribution is -2.28. The summed E-state index contributed by atoms with van der Waals surface area (Å²) in [6.45, 7) is 6.86. The van der Waals surface area contributed by atoms with E-state index in [-0.39, 0.29) is 5.91 Å². The normalized spacial score (nSPS) is 11.0. The highest BCUT2D eigenvalue weighted by molar-refractivity contribution is 7.99. The van der Waals surface area contributed by atoms with Crippen molar-refractivity contribution >= 4 is 17.7 Å². The number of pyridine rings is 1. The fourth-order valence-electron chi connectivity index (χ4n) is 2.58. The Balaban J connectivity index is 1.92. The number of hydrogen-bond acceptors (Lipinski definition) is 5. The summed E-state index contributed by atoms with van der Waals surface area (Å²) in [6, 6.07) is 11.9. The highest BCUT2D eigenvalue weighted by Gasteiger charge is 2.18. The van der Waals surface area contributed by atoms with E-state index < -0.39 is 0 Å². The molecule has 0 aliphatic heterocycles. The van der Waals surface area contributed by atoms with E-state index in [1.807, 2.05) is 47.9 Å². The summed E-state index contributed by atoms with van der Waals surface area (Å²) in [7, 11) is 0. The fraction of sp³-hybridized carbons (Fsp3) is 0.300. The number of nitrogens with zero attached hydrogens (tertiary/aromatic N) is 4. The van der Waals surface area contributed by atoms with Crippen molar-refractivity contribution in [3.63, 3.8) is 0 Å². The Morgan fingerprint density at radius 3 is 2.70 bits per heavy atom. The lowest BCUT2D eigenvalue weighted by atomic mass is 10.2. The van der Waals surface area contributed by atoms with Gasteiger partial charge in [0.25, 0.3) is 0 Å². The van der Waals surface area contributed by atoms with Gasteiger partial charge in [-0.15, -0.1) is 10.2 Å². The number of nitrogens with one attached hydrogen (secondary N) is 1. The number of thioether (sulfide) groups is 1. The van der Waals surface area contributed by atoms with Gasteiger partial charge in [0, 0.05) is 24.5 Å². The van der Waals surface area contributed by atoms with Gasteiger partial charge >= 0.3 is 0 Å². The van der Waals surface area contributed by atoms with E-state index in [4.69, 9.17) is 0 Å². The van der Waals surface area contributed by atoms with Crippen molar-refractivity contribution < 1.29 is 4.79 Å². The van der Waals surface area contributed by atoms with Gasteiger partial charge in [0.15, 0.2) is 11.0 Å². The smallest absolute Gasteiger partial charge is 0.230 e. The van der Waals surface area contributed by atoms with Gasteiger partial charge in [0.05, 0.1) is 11.4 Å². The molecule has 2 aromatic heterocycles. The minimum absolute atomic E-state index is 0.00374. The first kappa shape index (κ1) is 19.1. The van der Waals surface area contributed by atoms with Gasteiger partial charge in [-0.25, -0.2) is 0 Å². The Morgan fingerprint density at radius 1 is 1.19 bits per heavy atom. The summed E-state index contributed by atoms with van der Waals surface area (Å²) in [5, 5.41) is 12.3. The molecule has 27 heavy (non-hydrogen) atoms. The van der Waals surface area contributed by atoms with E-state index in [0.717, 1.165) is 16.8 Å². The Bertz CT molecular complexity index is 908. The maximum atomic E-state index is 12.1. The maximum absolute atomic E-state index is 12.1. The number of hydrogen-bond donors (Lipinski definition) is 1. The van der Waals surface area contributed by atoms with Crippen molar-refractivity contribution in [2.75, 3.05) is 12.3 Å². The molecular weight excluding hydrogens is 358 g/mol. The third-order valence-electron chi connectivity index (χ3n) is 3.95. The van der Waals surface area contributed by atoms with E-state index in [9.17, 15) is 4.79 Å². The average Bonchev–Trinajstić information content (AvgIpc) is 3.09. The summed E-state index contributed by atoms with van der Waals surface area (Å²) >= 11 is 1.38. The molecule has 1 amide bonds. The first-order valence-electron chi connectivity index (χ1n) is 8.87. The van der Waals surface area contributed by atoms with Crippen LogP contribution in [0.5, 0.6) is 0 Å². The average molecular weight is 382 g/mol. The molecule has 2 heterocycles. The van der Waals surface area contributed by atoms with Gasteiger partial charge in [0.1, 0.15) is 0 Å². The van der Waals surface area contributed by atoms with E-state index in [1.54, 1.807) is 12.4 Å². The fourth-order valence-corrected chi connectivity index (χ4v) is 3.35. The van der Waals surface area contributed by atoms with Crippen LogP contribution in [0, 0.1) is 12.8 Å². The summed E-state index contributed by atoms with van der Waals surface area (Å²) in [5.41, 5.74) is 2.98. The molecule has 6 nitrogen and oxygen atoms in total. The molecule has 0 fully saturated rings. The van der Waals surface area contributed by atoms with Crippen molar-refractivity contribution in [1.29, 1.82) is 0 Å². The molecule has 1 N–H and O–H groups in total. The van der Waals surface area contributed by atoms with E-state index in [2.05, 4.69) is 34.3 Å². The molecule has 0 aliphatic rings. The van der Waals surface area contributed by atoms with Crippen LogP contribution in [0.15, 0.2) is 53.9 Å². The van der Waals surface area contributed by atoms with E-state index in [1.165, 1.54) is 11.8 Å². The first-order valence-corrected chi connectivity index (χ1v) is 9.86.